The first-order valence-corrected chi connectivity index (χ1v) is 11.3. The lowest BCUT2D eigenvalue weighted by atomic mass is 9.95. The van der Waals surface area contributed by atoms with Crippen LogP contribution in [0.25, 0.3) is 5.76 Å². The zero-order valence-electron chi connectivity index (χ0n) is 19.5. The Kier molecular flexibility index (Phi) is 7.30. The minimum absolute atomic E-state index is 0.0451. The highest BCUT2D eigenvalue weighted by molar-refractivity contribution is 6.46. The van der Waals surface area contributed by atoms with E-state index in [2.05, 4.69) is 11.6 Å². The highest BCUT2D eigenvalue weighted by Crippen LogP contribution is 2.40. The number of ether oxygens (including phenoxy) is 2. The van der Waals surface area contributed by atoms with Crippen molar-refractivity contribution in [1.29, 1.82) is 0 Å². The molecule has 0 spiro atoms. The maximum atomic E-state index is 13.2. The Bertz CT molecular complexity index is 1230. The average Bonchev–Trinajstić information content (AvgIpc) is 3.49. The normalized spacial score (nSPS) is 16.9. The number of hydrogen-bond donors (Lipinski definition) is 1. The molecule has 1 saturated heterocycles. The number of benzene rings is 2. The molecule has 8 heteroatoms. The number of aliphatic hydroxyl groups is 1. The van der Waals surface area contributed by atoms with Crippen LogP contribution in [0.3, 0.4) is 0 Å². The van der Waals surface area contributed by atoms with Gasteiger partial charge in [0.2, 0.25) is 0 Å². The van der Waals surface area contributed by atoms with Gasteiger partial charge >= 0.3 is 0 Å². The van der Waals surface area contributed by atoms with Crippen LogP contribution in [-0.2, 0) is 16.1 Å². The molecule has 1 atom stereocenters. The van der Waals surface area contributed by atoms with Crippen molar-refractivity contribution in [2.24, 2.45) is 0 Å². The van der Waals surface area contributed by atoms with Crippen LogP contribution in [-0.4, -0.2) is 51.5 Å². The second-order valence-corrected chi connectivity index (χ2v) is 8.05. The van der Waals surface area contributed by atoms with Gasteiger partial charge in [-0.2, -0.15) is 0 Å². The zero-order chi connectivity index (χ0) is 24.8. The summed E-state index contributed by atoms with van der Waals surface area (Å²) in [6.07, 6.45) is 7.48. The molecule has 0 radical (unpaired) electrons. The fraction of sp³-hybridized carbons (Fsp3) is 0.222. The largest absolute Gasteiger partial charge is 0.507 e. The lowest BCUT2D eigenvalue weighted by molar-refractivity contribution is -0.139. The maximum absolute atomic E-state index is 13.2. The number of nitrogens with zero attached hydrogens (tertiary/aromatic N) is 3. The van der Waals surface area contributed by atoms with Crippen molar-refractivity contribution in [1.82, 2.24) is 14.5 Å². The quantitative estimate of drug-likeness (QED) is 0.207. The summed E-state index contributed by atoms with van der Waals surface area (Å²) in [6.45, 7) is 4.94. The van der Waals surface area contributed by atoms with E-state index in [1.807, 2.05) is 16.8 Å². The van der Waals surface area contributed by atoms with Gasteiger partial charge in [-0.1, -0.05) is 24.8 Å². The topological polar surface area (TPSA) is 93.9 Å². The van der Waals surface area contributed by atoms with E-state index < -0.39 is 17.7 Å². The van der Waals surface area contributed by atoms with Crippen LogP contribution < -0.4 is 9.47 Å². The van der Waals surface area contributed by atoms with E-state index in [0.29, 0.717) is 48.7 Å². The van der Waals surface area contributed by atoms with Crippen molar-refractivity contribution in [2.75, 3.05) is 20.3 Å². The number of Topliss-reactive ketones (excluding diaryl/α,β-unsaturated/α-hetero) is 1. The smallest absolute Gasteiger partial charge is 0.295 e. The van der Waals surface area contributed by atoms with Gasteiger partial charge in [0.1, 0.15) is 23.9 Å². The summed E-state index contributed by atoms with van der Waals surface area (Å²) in [4.78, 5) is 31.9. The highest BCUT2D eigenvalue weighted by Gasteiger charge is 2.45. The minimum atomic E-state index is -0.757. The summed E-state index contributed by atoms with van der Waals surface area (Å²) in [5, 5.41) is 11.2. The molecule has 1 amide bonds. The van der Waals surface area contributed by atoms with Gasteiger partial charge in [-0.3, -0.25) is 9.59 Å². The first-order valence-electron chi connectivity index (χ1n) is 11.3. The second kappa shape index (κ2) is 10.7. The third-order valence-corrected chi connectivity index (χ3v) is 5.82. The van der Waals surface area contributed by atoms with Crippen LogP contribution in [0.2, 0.25) is 0 Å². The number of imidazole rings is 1. The van der Waals surface area contributed by atoms with Gasteiger partial charge in [-0.25, -0.2) is 4.98 Å². The van der Waals surface area contributed by atoms with Crippen LogP contribution in [0.5, 0.6) is 11.5 Å². The number of likely N-dealkylation sites (tertiary alicyclic amines) is 1. The molecule has 0 saturated carbocycles. The lowest BCUT2D eigenvalue weighted by Gasteiger charge is -2.25. The maximum Gasteiger partial charge on any atom is 0.295 e. The Hall–Kier alpha value is -4.33. The van der Waals surface area contributed by atoms with E-state index in [4.69, 9.17) is 9.47 Å². The van der Waals surface area contributed by atoms with Crippen molar-refractivity contribution in [2.45, 2.75) is 19.0 Å². The number of methoxy groups -OCH3 is 1. The molecule has 3 aromatic rings. The van der Waals surface area contributed by atoms with E-state index in [-0.39, 0.29) is 11.3 Å². The molecule has 0 aliphatic carbocycles. The Morgan fingerprint density at radius 2 is 1.94 bits per heavy atom. The molecular formula is C27H27N3O5. The Morgan fingerprint density at radius 3 is 2.63 bits per heavy atom. The number of aryl methyl sites for hydroxylation is 1. The van der Waals surface area contributed by atoms with Gasteiger partial charge in [0, 0.05) is 31.0 Å². The predicted octanol–water partition coefficient (Wildman–Crippen LogP) is 3.97. The second-order valence-electron chi connectivity index (χ2n) is 8.05. The van der Waals surface area contributed by atoms with Crippen LogP contribution in [0.1, 0.15) is 23.6 Å². The Balaban J connectivity index is 1.73. The van der Waals surface area contributed by atoms with E-state index in [0.717, 1.165) is 0 Å². The number of aromatic nitrogens is 2. The molecule has 8 nitrogen and oxygen atoms in total. The number of rotatable bonds is 10. The zero-order valence-corrected chi connectivity index (χ0v) is 19.5. The highest BCUT2D eigenvalue weighted by atomic mass is 16.5. The number of ketones is 1. The number of carbonyl (C=O) groups is 2. The van der Waals surface area contributed by atoms with Crippen molar-refractivity contribution in [3.05, 3.63) is 96.6 Å². The first kappa shape index (κ1) is 23.8. The lowest BCUT2D eigenvalue weighted by Crippen LogP contribution is -2.31. The van der Waals surface area contributed by atoms with Crippen molar-refractivity contribution in [3.63, 3.8) is 0 Å². The molecule has 1 fully saturated rings. The first-order chi connectivity index (χ1) is 17.0. The summed E-state index contributed by atoms with van der Waals surface area (Å²) < 4.78 is 12.8. The number of aliphatic hydroxyl groups excluding tert-OH is 1. The minimum Gasteiger partial charge on any atom is -0.507 e. The van der Waals surface area contributed by atoms with E-state index in [1.165, 1.54) is 4.90 Å². The fourth-order valence-corrected chi connectivity index (χ4v) is 4.13. The number of hydrogen-bond acceptors (Lipinski definition) is 6. The van der Waals surface area contributed by atoms with Gasteiger partial charge in [-0.05, 0) is 48.4 Å². The van der Waals surface area contributed by atoms with E-state index >= 15 is 0 Å². The van der Waals surface area contributed by atoms with Gasteiger partial charge < -0.3 is 24.0 Å². The van der Waals surface area contributed by atoms with E-state index in [1.54, 1.807) is 68.2 Å². The van der Waals surface area contributed by atoms with Crippen molar-refractivity contribution < 1.29 is 24.2 Å². The standard InChI is InChI=1S/C27H27N3O5/c1-3-16-35-22-7-4-6-20(17-22)24-23(25(31)19-8-10-21(34-2)11-9-19)26(32)27(33)30(24)14-5-13-29-15-12-28-18-29/h3-4,6-12,15,17-18,24,31H,1,5,13-14,16H2,2H3/b25-23+/t24-/m0/s1. The third-order valence-electron chi connectivity index (χ3n) is 5.82. The molecule has 2 heterocycles. The molecule has 1 aromatic heterocycles. The molecule has 1 aliphatic rings. The summed E-state index contributed by atoms with van der Waals surface area (Å²) in [5.74, 6) is -0.400. The van der Waals surface area contributed by atoms with Crippen LogP contribution in [0.4, 0.5) is 0 Å². The number of carbonyl (C=O) groups excluding carboxylic acids is 2. The summed E-state index contributed by atoms with van der Waals surface area (Å²) in [5.41, 5.74) is 1.14. The SMILES string of the molecule is C=CCOc1cccc([C@H]2/C(=C(\O)c3ccc(OC)cc3)C(=O)C(=O)N2CCCn2ccnc2)c1. The molecule has 1 aliphatic heterocycles. The fourth-order valence-electron chi connectivity index (χ4n) is 4.13. The van der Waals surface area contributed by atoms with Crippen molar-refractivity contribution >= 4 is 17.4 Å². The van der Waals surface area contributed by atoms with Crippen LogP contribution in [0, 0.1) is 0 Å². The predicted molar refractivity (Wildman–Crippen MR) is 131 cm³/mol. The third kappa shape index (κ3) is 5.11. The Labute approximate surface area is 203 Å². The van der Waals surface area contributed by atoms with E-state index in [9.17, 15) is 14.7 Å². The van der Waals surface area contributed by atoms with Crippen LogP contribution in [0.15, 0.2) is 85.5 Å². The molecular weight excluding hydrogens is 446 g/mol. The molecule has 0 bridgehead atoms. The van der Waals surface area contributed by atoms with Crippen LogP contribution >= 0.6 is 0 Å². The molecule has 2 aromatic carbocycles. The van der Waals surface area contributed by atoms with Gasteiger partial charge in [0.25, 0.3) is 11.7 Å². The monoisotopic (exact) mass is 473 g/mol. The summed E-state index contributed by atoms with van der Waals surface area (Å²) >= 11 is 0. The Morgan fingerprint density at radius 1 is 1.14 bits per heavy atom. The average molecular weight is 474 g/mol. The van der Waals surface area contributed by atoms with Gasteiger partial charge in [0.05, 0.1) is 25.1 Å². The molecule has 1 N–H and O–H groups in total. The summed E-state index contributed by atoms with van der Waals surface area (Å²) in [6, 6.07) is 13.1. The molecule has 180 valence electrons. The molecule has 0 unspecified atom stereocenters. The van der Waals surface area contributed by atoms with Gasteiger partial charge in [-0.15, -0.1) is 0 Å². The number of amides is 1. The molecule has 35 heavy (non-hydrogen) atoms. The summed E-state index contributed by atoms with van der Waals surface area (Å²) in [7, 11) is 1.55. The van der Waals surface area contributed by atoms with Crippen molar-refractivity contribution in [3.8, 4) is 11.5 Å². The molecule has 4 rings (SSSR count). The van der Waals surface area contributed by atoms with Gasteiger partial charge in [0.15, 0.2) is 0 Å².